The summed E-state index contributed by atoms with van der Waals surface area (Å²) in [5.74, 6) is -2.42. The van der Waals surface area contributed by atoms with Crippen molar-refractivity contribution < 1.29 is 19.5 Å². The monoisotopic (exact) mass is 302 g/mol. The first-order valence-electron chi connectivity index (χ1n) is 7.48. The predicted octanol–water partition coefficient (Wildman–Crippen LogP) is 1.48. The van der Waals surface area contributed by atoms with Crippen LogP contribution in [0.5, 0.6) is 0 Å². The molecule has 3 N–H and O–H groups in total. The highest BCUT2D eigenvalue weighted by Gasteiger charge is 2.37. The number of carbonyl (C=O) groups is 3. The second-order valence-electron chi connectivity index (χ2n) is 5.88. The van der Waals surface area contributed by atoms with Crippen LogP contribution in [0.2, 0.25) is 0 Å². The number of rotatable bonds is 3. The van der Waals surface area contributed by atoms with Gasteiger partial charge in [0.15, 0.2) is 0 Å². The third kappa shape index (κ3) is 2.68. The van der Waals surface area contributed by atoms with Gasteiger partial charge in [0.2, 0.25) is 11.8 Å². The Morgan fingerprint density at radius 1 is 1.23 bits per heavy atom. The van der Waals surface area contributed by atoms with E-state index in [1.165, 1.54) is 0 Å². The number of fused-ring (bicyclic) bond motifs is 1. The quantitative estimate of drug-likeness (QED) is 0.788. The van der Waals surface area contributed by atoms with Crippen LogP contribution in [0.4, 0.5) is 5.69 Å². The van der Waals surface area contributed by atoms with Crippen LogP contribution in [0.15, 0.2) is 24.3 Å². The molecule has 1 unspecified atom stereocenters. The molecular weight excluding hydrogens is 284 g/mol. The van der Waals surface area contributed by atoms with E-state index in [1.54, 1.807) is 12.1 Å². The largest absolute Gasteiger partial charge is 0.481 e. The number of hydrogen-bond acceptors (Lipinski definition) is 3. The topological polar surface area (TPSA) is 95.5 Å². The molecule has 0 radical (unpaired) electrons. The van der Waals surface area contributed by atoms with Crippen LogP contribution in [0, 0.1) is 5.92 Å². The predicted molar refractivity (Wildman–Crippen MR) is 79.3 cm³/mol. The van der Waals surface area contributed by atoms with Crippen molar-refractivity contribution in [2.45, 2.75) is 37.6 Å². The fraction of sp³-hybridized carbons (Fsp3) is 0.438. The van der Waals surface area contributed by atoms with Crippen molar-refractivity contribution in [2.24, 2.45) is 5.92 Å². The Kier molecular flexibility index (Phi) is 3.83. The molecule has 1 aliphatic carbocycles. The number of carboxylic acids is 1. The Morgan fingerprint density at radius 3 is 2.77 bits per heavy atom. The highest BCUT2D eigenvalue weighted by molar-refractivity contribution is 6.01. The Balaban J connectivity index is 1.78. The molecule has 1 aromatic rings. The Bertz CT molecular complexity index is 628. The van der Waals surface area contributed by atoms with Gasteiger partial charge in [-0.25, -0.2) is 0 Å². The summed E-state index contributed by atoms with van der Waals surface area (Å²) >= 11 is 0. The number of amides is 2. The Labute approximate surface area is 127 Å². The summed E-state index contributed by atoms with van der Waals surface area (Å²) in [5.41, 5.74) is 1.43. The molecule has 0 saturated heterocycles. The number of nitrogens with one attached hydrogen (secondary N) is 2. The lowest BCUT2D eigenvalue weighted by Gasteiger charge is -2.27. The standard InChI is InChI=1S/C16H18N2O4/c19-14-8-11(9-4-1-2-6-12(9)17-14)15(20)18-13-7-3-5-10(13)16(21)22/h1-2,4,6,10-11,13H,3,5,7-8H2,(H,17,19)(H,18,20)(H,21,22)/t10-,11?,13+/m1/s1. The zero-order chi connectivity index (χ0) is 15.7. The van der Waals surface area contributed by atoms with Crippen LogP contribution in [0.1, 0.15) is 37.2 Å². The van der Waals surface area contributed by atoms with E-state index in [2.05, 4.69) is 10.6 Å². The molecule has 2 amide bonds. The minimum absolute atomic E-state index is 0.0906. The molecule has 0 aromatic heterocycles. The molecule has 6 heteroatoms. The van der Waals surface area contributed by atoms with Crippen LogP contribution in [0.3, 0.4) is 0 Å². The van der Waals surface area contributed by atoms with E-state index in [0.29, 0.717) is 18.5 Å². The lowest BCUT2D eigenvalue weighted by Crippen LogP contribution is -2.44. The molecule has 1 heterocycles. The average Bonchev–Trinajstić information content (AvgIpc) is 2.94. The van der Waals surface area contributed by atoms with Gasteiger partial charge in [-0.05, 0) is 24.5 Å². The summed E-state index contributed by atoms with van der Waals surface area (Å²) in [4.78, 5) is 35.5. The van der Waals surface area contributed by atoms with E-state index in [0.717, 1.165) is 12.0 Å². The molecule has 0 spiro atoms. The van der Waals surface area contributed by atoms with Gasteiger partial charge < -0.3 is 15.7 Å². The lowest BCUT2D eigenvalue weighted by molar-refractivity contribution is -0.142. The summed E-state index contributed by atoms with van der Waals surface area (Å²) < 4.78 is 0. The molecule has 1 aromatic carbocycles. The summed E-state index contributed by atoms with van der Waals surface area (Å²) in [6.07, 6.45) is 2.14. The number of para-hydroxylation sites is 1. The van der Waals surface area contributed by atoms with E-state index in [9.17, 15) is 19.5 Å². The minimum atomic E-state index is -0.871. The molecule has 22 heavy (non-hydrogen) atoms. The summed E-state index contributed by atoms with van der Waals surface area (Å²) in [7, 11) is 0. The maximum Gasteiger partial charge on any atom is 0.308 e. The molecule has 1 fully saturated rings. The van der Waals surface area contributed by atoms with Crippen LogP contribution in [-0.2, 0) is 14.4 Å². The van der Waals surface area contributed by atoms with Crippen molar-refractivity contribution in [3.63, 3.8) is 0 Å². The van der Waals surface area contributed by atoms with Gasteiger partial charge in [0.1, 0.15) is 0 Å². The van der Waals surface area contributed by atoms with Crippen molar-refractivity contribution in [1.82, 2.24) is 5.32 Å². The molecule has 6 nitrogen and oxygen atoms in total. The highest BCUT2D eigenvalue weighted by atomic mass is 16.4. The van der Waals surface area contributed by atoms with Gasteiger partial charge in [-0.3, -0.25) is 14.4 Å². The molecule has 2 aliphatic rings. The molecule has 1 aliphatic heterocycles. The van der Waals surface area contributed by atoms with Gasteiger partial charge in [-0.1, -0.05) is 24.6 Å². The maximum absolute atomic E-state index is 12.5. The molecule has 3 atom stereocenters. The maximum atomic E-state index is 12.5. The third-order valence-electron chi connectivity index (χ3n) is 4.48. The minimum Gasteiger partial charge on any atom is -0.481 e. The van der Waals surface area contributed by atoms with Crippen LogP contribution in [-0.4, -0.2) is 28.9 Å². The molecule has 0 bridgehead atoms. The van der Waals surface area contributed by atoms with Gasteiger partial charge in [0.25, 0.3) is 0 Å². The normalized spacial score (nSPS) is 26.9. The Hall–Kier alpha value is -2.37. The highest BCUT2D eigenvalue weighted by Crippen LogP contribution is 2.33. The van der Waals surface area contributed by atoms with Gasteiger partial charge in [0.05, 0.1) is 11.8 Å². The SMILES string of the molecule is O=C1CC(C(=O)N[C@H]2CCC[C@H]2C(=O)O)c2ccccc2N1. The lowest BCUT2D eigenvalue weighted by atomic mass is 9.89. The molecule has 3 rings (SSSR count). The molecular formula is C16H18N2O4. The second kappa shape index (κ2) is 5.79. The first-order valence-corrected chi connectivity index (χ1v) is 7.48. The van der Waals surface area contributed by atoms with Crippen LogP contribution in [0.25, 0.3) is 0 Å². The van der Waals surface area contributed by atoms with Crippen molar-refractivity contribution >= 4 is 23.5 Å². The van der Waals surface area contributed by atoms with E-state index in [-0.39, 0.29) is 24.3 Å². The Morgan fingerprint density at radius 2 is 2.00 bits per heavy atom. The fourth-order valence-electron chi connectivity index (χ4n) is 3.36. The number of carboxylic acid groups (broad SMARTS) is 1. The second-order valence-corrected chi connectivity index (χ2v) is 5.88. The zero-order valence-corrected chi connectivity index (χ0v) is 12.0. The van der Waals surface area contributed by atoms with Gasteiger partial charge in [0, 0.05) is 18.2 Å². The summed E-state index contributed by atoms with van der Waals surface area (Å²) in [6, 6.07) is 6.87. The first kappa shape index (κ1) is 14.6. The van der Waals surface area contributed by atoms with E-state index >= 15 is 0 Å². The number of hydrogen-bond donors (Lipinski definition) is 3. The van der Waals surface area contributed by atoms with Gasteiger partial charge in [-0.15, -0.1) is 0 Å². The fourth-order valence-corrected chi connectivity index (χ4v) is 3.36. The number of benzene rings is 1. The third-order valence-corrected chi connectivity index (χ3v) is 4.48. The van der Waals surface area contributed by atoms with Crippen LogP contribution < -0.4 is 10.6 Å². The van der Waals surface area contributed by atoms with E-state index in [4.69, 9.17) is 0 Å². The number of carbonyl (C=O) groups excluding carboxylic acids is 2. The van der Waals surface area contributed by atoms with Crippen molar-refractivity contribution in [3.05, 3.63) is 29.8 Å². The van der Waals surface area contributed by atoms with Gasteiger partial charge in [-0.2, -0.15) is 0 Å². The summed E-state index contributed by atoms with van der Waals surface area (Å²) in [5, 5.41) is 14.8. The van der Waals surface area contributed by atoms with E-state index in [1.807, 2.05) is 12.1 Å². The van der Waals surface area contributed by atoms with Gasteiger partial charge >= 0.3 is 5.97 Å². The van der Waals surface area contributed by atoms with Crippen molar-refractivity contribution in [1.29, 1.82) is 0 Å². The average molecular weight is 302 g/mol. The molecule has 116 valence electrons. The first-order chi connectivity index (χ1) is 10.6. The van der Waals surface area contributed by atoms with Crippen molar-refractivity contribution in [3.8, 4) is 0 Å². The number of anilines is 1. The molecule has 1 saturated carbocycles. The zero-order valence-electron chi connectivity index (χ0n) is 12.0. The number of aliphatic carboxylic acids is 1. The summed E-state index contributed by atoms with van der Waals surface area (Å²) in [6.45, 7) is 0. The van der Waals surface area contributed by atoms with Crippen LogP contribution >= 0.6 is 0 Å². The van der Waals surface area contributed by atoms with Crippen molar-refractivity contribution in [2.75, 3.05) is 5.32 Å². The smallest absolute Gasteiger partial charge is 0.308 e. The van der Waals surface area contributed by atoms with E-state index < -0.39 is 17.8 Å².